The molecule has 0 rings (SSSR count). The number of rotatable bonds is 47. The van der Waals surface area contributed by atoms with Crippen LogP contribution < -0.4 is 5.11 Å². The van der Waals surface area contributed by atoms with Gasteiger partial charge in [-0.3, -0.25) is 9.59 Å². The van der Waals surface area contributed by atoms with Crippen molar-refractivity contribution >= 4 is 17.9 Å². The van der Waals surface area contributed by atoms with E-state index in [1.54, 1.807) is 21.1 Å². The molecule has 0 spiro atoms. The van der Waals surface area contributed by atoms with Crippen molar-refractivity contribution in [2.24, 2.45) is 0 Å². The van der Waals surface area contributed by atoms with E-state index in [-0.39, 0.29) is 49.1 Å². The number of allylic oxidation sites excluding steroid dienone is 16. The minimum absolute atomic E-state index is 0.0237. The number of esters is 2. The van der Waals surface area contributed by atoms with Gasteiger partial charge in [-0.25, -0.2) is 0 Å². The number of likely N-dealkylation sites (N-methyl/N-ethyl adjacent to an activating group) is 1. The predicted octanol–water partition coefficient (Wildman–Crippen LogP) is 14.5. The summed E-state index contributed by atoms with van der Waals surface area (Å²) in [4.78, 5) is 37.1. The standard InChI is InChI=1S/C59H99NO7/c1-6-8-10-12-14-16-18-20-22-24-26-28-29-30-32-34-36-38-40-42-44-46-48-50-58(62)67-55(53-65-52-51-56(59(63)64)60(3,4)5)54-66-57(61)49-47-45-43-41-39-37-35-33-31-27-25-23-21-19-17-15-13-11-9-7-2/h8,10,14,16-17,19-23,26,28,30,32,36,38,55-56H,6-7,9,11-13,15,18,24-25,27,29,31,33-35,37,39-54H2,1-5H3/b10-8+,16-14+,19-17+,22-20+,23-21+,28-26+,32-30+,38-36+. The normalized spacial score (nSPS) is 13.6. The first kappa shape index (κ1) is 63.2. The van der Waals surface area contributed by atoms with Crippen LogP contribution in [0.3, 0.4) is 0 Å². The van der Waals surface area contributed by atoms with E-state index < -0.39 is 18.1 Å². The van der Waals surface area contributed by atoms with Gasteiger partial charge in [-0.2, -0.15) is 0 Å². The third-order valence-electron chi connectivity index (χ3n) is 11.5. The van der Waals surface area contributed by atoms with E-state index in [1.165, 1.54) is 83.5 Å². The molecule has 0 amide bonds. The van der Waals surface area contributed by atoms with Gasteiger partial charge in [0.2, 0.25) is 0 Å². The summed E-state index contributed by atoms with van der Waals surface area (Å²) in [7, 11) is 5.40. The Labute approximate surface area is 411 Å². The average Bonchev–Trinajstić information content (AvgIpc) is 3.29. The lowest BCUT2D eigenvalue weighted by Gasteiger charge is -2.34. The van der Waals surface area contributed by atoms with Crippen LogP contribution in [0.4, 0.5) is 0 Å². The Balaban J connectivity index is 4.31. The van der Waals surface area contributed by atoms with Crippen LogP contribution >= 0.6 is 0 Å². The lowest BCUT2D eigenvalue weighted by Crippen LogP contribution is -2.55. The summed E-state index contributed by atoms with van der Waals surface area (Å²) in [5, 5.41) is 11.7. The van der Waals surface area contributed by atoms with Crippen LogP contribution in [0.5, 0.6) is 0 Å². The van der Waals surface area contributed by atoms with Crippen molar-refractivity contribution in [2.45, 2.75) is 219 Å². The average molecular weight is 934 g/mol. The maximum absolute atomic E-state index is 12.8. The Kier molecular flexibility index (Phi) is 46.0. The van der Waals surface area contributed by atoms with Crippen molar-refractivity contribution in [3.63, 3.8) is 0 Å². The summed E-state index contributed by atoms with van der Waals surface area (Å²) >= 11 is 0. The first-order valence-electron chi connectivity index (χ1n) is 26.8. The molecule has 0 radical (unpaired) electrons. The number of carboxylic acids is 1. The summed E-state index contributed by atoms with van der Waals surface area (Å²) in [6.07, 6.45) is 65.8. The number of nitrogens with zero attached hydrogens (tertiary/aromatic N) is 1. The second kappa shape index (κ2) is 48.7. The molecule has 382 valence electrons. The molecule has 0 aliphatic carbocycles. The highest BCUT2D eigenvalue weighted by molar-refractivity contribution is 5.70. The molecule has 0 fully saturated rings. The van der Waals surface area contributed by atoms with Crippen molar-refractivity contribution in [3.05, 3.63) is 97.2 Å². The van der Waals surface area contributed by atoms with Gasteiger partial charge in [0.1, 0.15) is 12.6 Å². The van der Waals surface area contributed by atoms with E-state index >= 15 is 0 Å². The van der Waals surface area contributed by atoms with Gasteiger partial charge in [0.05, 0.1) is 40.3 Å². The van der Waals surface area contributed by atoms with Crippen molar-refractivity contribution < 1.29 is 38.2 Å². The molecule has 0 saturated heterocycles. The molecule has 0 heterocycles. The summed E-state index contributed by atoms with van der Waals surface area (Å²) < 4.78 is 17.2. The predicted molar refractivity (Wildman–Crippen MR) is 281 cm³/mol. The summed E-state index contributed by atoms with van der Waals surface area (Å²) in [5.74, 6) is -1.78. The quantitative estimate of drug-likeness (QED) is 0.0197. The molecule has 0 aliphatic rings. The molecule has 0 saturated carbocycles. The van der Waals surface area contributed by atoms with Crippen LogP contribution in [0.1, 0.15) is 206 Å². The maximum Gasteiger partial charge on any atom is 0.306 e. The van der Waals surface area contributed by atoms with Crippen molar-refractivity contribution in [3.8, 4) is 0 Å². The third kappa shape index (κ3) is 47.1. The molecule has 0 aliphatic heterocycles. The number of aliphatic carboxylic acids is 1. The van der Waals surface area contributed by atoms with Crippen LogP contribution in [0.2, 0.25) is 0 Å². The fourth-order valence-corrected chi connectivity index (χ4v) is 7.36. The Morgan fingerprint density at radius 3 is 1.33 bits per heavy atom. The molecule has 0 aromatic heterocycles. The zero-order valence-corrected chi connectivity index (χ0v) is 43.5. The van der Waals surface area contributed by atoms with Gasteiger partial charge in [0.15, 0.2) is 6.10 Å². The number of ether oxygens (including phenoxy) is 3. The number of hydrogen-bond acceptors (Lipinski definition) is 7. The zero-order chi connectivity index (χ0) is 49.2. The molecular formula is C59H99NO7. The molecule has 0 N–H and O–H groups in total. The number of quaternary nitrogens is 1. The molecule has 8 heteroatoms. The minimum Gasteiger partial charge on any atom is -0.544 e. The highest BCUT2D eigenvalue weighted by Gasteiger charge is 2.25. The van der Waals surface area contributed by atoms with Crippen LogP contribution in [0.15, 0.2) is 97.2 Å². The number of hydrogen-bond donors (Lipinski definition) is 0. The number of carbonyl (C=O) groups is 3. The molecule has 2 atom stereocenters. The first-order valence-corrected chi connectivity index (χ1v) is 26.8. The van der Waals surface area contributed by atoms with Crippen LogP contribution in [-0.4, -0.2) is 75.5 Å². The maximum atomic E-state index is 12.8. The highest BCUT2D eigenvalue weighted by atomic mass is 16.6. The molecule has 0 aromatic rings. The molecule has 2 unspecified atom stereocenters. The van der Waals surface area contributed by atoms with Gasteiger partial charge in [0, 0.05) is 19.3 Å². The lowest BCUT2D eigenvalue weighted by molar-refractivity contribution is -0.889. The second-order valence-electron chi connectivity index (χ2n) is 18.8. The summed E-state index contributed by atoms with van der Waals surface area (Å²) in [6.45, 7) is 4.50. The van der Waals surface area contributed by atoms with Gasteiger partial charge in [-0.1, -0.05) is 195 Å². The Bertz CT molecular complexity index is 1410. The van der Waals surface area contributed by atoms with E-state index in [9.17, 15) is 19.5 Å². The fraction of sp³-hybridized carbons (Fsp3) is 0.678. The summed E-state index contributed by atoms with van der Waals surface area (Å²) in [5.41, 5.74) is 0. The highest BCUT2D eigenvalue weighted by Crippen LogP contribution is 2.14. The fourth-order valence-electron chi connectivity index (χ4n) is 7.36. The number of carboxylic acid groups (broad SMARTS) is 1. The number of unbranched alkanes of at least 4 members (excludes halogenated alkanes) is 18. The molecule has 67 heavy (non-hydrogen) atoms. The van der Waals surface area contributed by atoms with Crippen molar-refractivity contribution in [1.29, 1.82) is 0 Å². The summed E-state index contributed by atoms with van der Waals surface area (Å²) in [6, 6.07) is -0.738. The van der Waals surface area contributed by atoms with Gasteiger partial charge in [-0.15, -0.1) is 0 Å². The van der Waals surface area contributed by atoms with E-state index in [1.807, 2.05) is 0 Å². The monoisotopic (exact) mass is 934 g/mol. The Morgan fingerprint density at radius 1 is 0.478 bits per heavy atom. The number of carbonyl (C=O) groups excluding carboxylic acids is 3. The largest absolute Gasteiger partial charge is 0.544 e. The van der Waals surface area contributed by atoms with E-state index in [4.69, 9.17) is 14.2 Å². The van der Waals surface area contributed by atoms with E-state index in [0.717, 1.165) is 89.9 Å². The van der Waals surface area contributed by atoms with Gasteiger partial charge in [0.25, 0.3) is 0 Å². The third-order valence-corrected chi connectivity index (χ3v) is 11.5. The Hall–Kier alpha value is -3.75. The molecule has 0 bridgehead atoms. The lowest BCUT2D eigenvalue weighted by atomic mass is 10.1. The SMILES string of the molecule is CC/C=C/C/C=C/C/C=C/C/C=C/C/C=C/C/C=C/CCCCCCC(=O)OC(COCCC(C(=O)[O-])[N+](C)(C)C)COC(=O)CCCCCCCCCCCC/C=C/C=C/CCCCCC. The molecular weight excluding hydrogens is 835 g/mol. The van der Waals surface area contributed by atoms with Gasteiger partial charge < -0.3 is 28.6 Å². The van der Waals surface area contributed by atoms with Gasteiger partial charge in [-0.05, 0) is 89.9 Å². The molecule has 8 nitrogen and oxygen atoms in total. The van der Waals surface area contributed by atoms with Crippen LogP contribution in [0.25, 0.3) is 0 Å². The van der Waals surface area contributed by atoms with E-state index in [2.05, 4.69) is 111 Å². The smallest absolute Gasteiger partial charge is 0.306 e. The van der Waals surface area contributed by atoms with Gasteiger partial charge >= 0.3 is 11.9 Å². The second-order valence-corrected chi connectivity index (χ2v) is 18.8. The molecule has 0 aromatic carbocycles. The first-order chi connectivity index (χ1) is 32.6. The Morgan fingerprint density at radius 2 is 0.881 bits per heavy atom. The minimum atomic E-state index is -1.13. The van der Waals surface area contributed by atoms with E-state index in [0.29, 0.717) is 6.42 Å². The van der Waals surface area contributed by atoms with Crippen molar-refractivity contribution in [1.82, 2.24) is 0 Å². The van der Waals surface area contributed by atoms with Crippen molar-refractivity contribution in [2.75, 3.05) is 41.0 Å². The zero-order valence-electron chi connectivity index (χ0n) is 43.5. The topological polar surface area (TPSA) is 102 Å². The van der Waals surface area contributed by atoms with Crippen LogP contribution in [-0.2, 0) is 28.6 Å². The van der Waals surface area contributed by atoms with Crippen LogP contribution in [0, 0.1) is 0 Å².